The van der Waals surface area contributed by atoms with E-state index in [1.807, 2.05) is 12.1 Å². The number of hydrogen-bond acceptors (Lipinski definition) is 2. The van der Waals surface area contributed by atoms with Gasteiger partial charge >= 0.3 is 0 Å². The molecule has 0 atom stereocenters. The van der Waals surface area contributed by atoms with Crippen molar-refractivity contribution in [3.63, 3.8) is 0 Å². The first-order chi connectivity index (χ1) is 30.2. The van der Waals surface area contributed by atoms with Gasteiger partial charge in [-0.25, -0.2) is 0 Å². The van der Waals surface area contributed by atoms with Crippen molar-refractivity contribution < 1.29 is 4.42 Å². The zero-order valence-corrected chi connectivity index (χ0v) is 33.4. The number of nitrogens with zero attached hydrogens (tertiary/aromatic N) is 1. The maximum atomic E-state index is 6.52. The predicted octanol–water partition coefficient (Wildman–Crippen LogP) is 15.9. The molecule has 0 spiro atoms. The van der Waals surface area contributed by atoms with Gasteiger partial charge in [0, 0.05) is 33.9 Å². The van der Waals surface area contributed by atoms with Crippen LogP contribution in [0.4, 0.5) is 17.1 Å². The van der Waals surface area contributed by atoms with Crippen LogP contribution in [0.3, 0.4) is 0 Å². The molecule has 2 heteroatoms. The maximum Gasteiger partial charge on any atom is 0.137 e. The minimum Gasteiger partial charge on any atom is -0.456 e. The lowest BCUT2D eigenvalue weighted by atomic mass is 9.67. The number of para-hydroxylation sites is 1. The fourth-order valence-corrected chi connectivity index (χ4v) is 9.99. The summed E-state index contributed by atoms with van der Waals surface area (Å²) in [5.41, 5.74) is 16.6. The van der Waals surface area contributed by atoms with E-state index in [-0.39, 0.29) is 0 Å². The third-order valence-corrected chi connectivity index (χ3v) is 12.7. The molecule has 11 aromatic rings. The molecule has 0 radical (unpaired) electrons. The Bertz CT molecular complexity index is 3360. The zero-order valence-electron chi connectivity index (χ0n) is 33.4. The Hall–Kier alpha value is -7.94. The first-order valence-corrected chi connectivity index (χ1v) is 21.0. The van der Waals surface area contributed by atoms with Crippen molar-refractivity contribution in [3.05, 3.63) is 259 Å². The fourth-order valence-electron chi connectivity index (χ4n) is 9.99. The zero-order chi connectivity index (χ0) is 40.3. The first kappa shape index (κ1) is 35.0. The Balaban J connectivity index is 1.09. The molecule has 0 N–H and O–H groups in total. The van der Waals surface area contributed by atoms with Gasteiger partial charge in [0.2, 0.25) is 0 Å². The lowest BCUT2D eigenvalue weighted by Crippen LogP contribution is -2.28. The summed E-state index contributed by atoms with van der Waals surface area (Å²) in [6.45, 7) is 0. The maximum absolute atomic E-state index is 6.52. The summed E-state index contributed by atoms with van der Waals surface area (Å²) in [7, 11) is 0. The van der Waals surface area contributed by atoms with E-state index < -0.39 is 5.41 Å². The summed E-state index contributed by atoms with van der Waals surface area (Å²) in [5.74, 6) is 0. The van der Waals surface area contributed by atoms with Crippen molar-refractivity contribution >= 4 is 49.8 Å². The molecule has 12 rings (SSSR count). The molecule has 1 heterocycles. The summed E-state index contributed by atoms with van der Waals surface area (Å²) >= 11 is 0. The van der Waals surface area contributed by atoms with Crippen molar-refractivity contribution in [2.45, 2.75) is 5.41 Å². The molecule has 0 amide bonds. The molecule has 0 saturated heterocycles. The van der Waals surface area contributed by atoms with Gasteiger partial charge in [0.25, 0.3) is 0 Å². The number of fused-ring (bicyclic) bond motifs is 7. The van der Waals surface area contributed by atoms with E-state index in [1.54, 1.807) is 0 Å². The molecule has 10 aromatic carbocycles. The van der Waals surface area contributed by atoms with E-state index in [0.717, 1.165) is 39.0 Å². The number of hydrogen-bond donors (Lipinski definition) is 0. The molecule has 0 aliphatic heterocycles. The molecule has 1 aliphatic carbocycles. The van der Waals surface area contributed by atoms with Crippen LogP contribution in [0.5, 0.6) is 0 Å². The van der Waals surface area contributed by atoms with Gasteiger partial charge in [0.05, 0.1) is 5.41 Å². The minimum atomic E-state index is -0.583. The van der Waals surface area contributed by atoms with Crippen LogP contribution in [0.2, 0.25) is 0 Å². The Morgan fingerprint density at radius 3 is 1.61 bits per heavy atom. The third kappa shape index (κ3) is 5.57. The molecular formula is C59H39NO. The van der Waals surface area contributed by atoms with Crippen LogP contribution in [-0.4, -0.2) is 0 Å². The molecule has 1 aromatic heterocycles. The quantitative estimate of drug-likeness (QED) is 0.160. The standard InChI is InChI=1S/C59H39NO/c1-4-15-40(16-5-1)43-29-34-51-52-35-32-47(38-56(52)59(55(51)37-43,44-19-6-2-7-20-44)45-21-8-3-9-22-45)60(48-33-36-54-53-24-12-13-26-57(53)61-58(54)39-48)46-30-27-42(28-31-46)50-25-14-18-41-17-10-11-23-49(41)50/h1-39H. The highest BCUT2D eigenvalue weighted by atomic mass is 16.3. The SMILES string of the molecule is c1ccc(-c2ccc3c(c2)C(c2ccccc2)(c2ccccc2)c2cc(N(c4ccc(-c5cccc6ccccc56)cc4)c4ccc5c(c4)oc4ccccc45)ccc2-3)cc1. The van der Waals surface area contributed by atoms with Gasteiger partial charge in [-0.15, -0.1) is 0 Å². The van der Waals surface area contributed by atoms with Crippen LogP contribution in [-0.2, 0) is 5.41 Å². The van der Waals surface area contributed by atoms with Crippen molar-refractivity contribution in [2.75, 3.05) is 4.90 Å². The van der Waals surface area contributed by atoms with Crippen molar-refractivity contribution in [1.82, 2.24) is 0 Å². The fraction of sp³-hybridized carbons (Fsp3) is 0.0169. The highest BCUT2D eigenvalue weighted by Crippen LogP contribution is 2.58. The molecule has 0 bridgehead atoms. The average molecular weight is 778 g/mol. The lowest BCUT2D eigenvalue weighted by molar-refractivity contribution is 0.669. The van der Waals surface area contributed by atoms with Crippen LogP contribution in [0.15, 0.2) is 241 Å². The monoisotopic (exact) mass is 777 g/mol. The molecule has 1 aliphatic rings. The molecule has 0 saturated carbocycles. The number of furan rings is 1. The van der Waals surface area contributed by atoms with E-state index in [9.17, 15) is 0 Å². The Labute approximate surface area is 355 Å². The first-order valence-electron chi connectivity index (χ1n) is 21.0. The summed E-state index contributed by atoms with van der Waals surface area (Å²) < 4.78 is 6.52. The van der Waals surface area contributed by atoms with Crippen molar-refractivity contribution in [1.29, 1.82) is 0 Å². The average Bonchev–Trinajstić information content (AvgIpc) is 3.85. The number of rotatable bonds is 7. The van der Waals surface area contributed by atoms with Crippen LogP contribution in [0, 0.1) is 0 Å². The van der Waals surface area contributed by atoms with Gasteiger partial charge in [0.15, 0.2) is 0 Å². The lowest BCUT2D eigenvalue weighted by Gasteiger charge is -2.35. The van der Waals surface area contributed by atoms with E-state index in [2.05, 4.69) is 229 Å². The smallest absolute Gasteiger partial charge is 0.137 e. The molecule has 0 fully saturated rings. The molecule has 2 nitrogen and oxygen atoms in total. The topological polar surface area (TPSA) is 16.4 Å². The number of benzene rings is 10. The van der Waals surface area contributed by atoms with Crippen LogP contribution in [0.25, 0.3) is 66.1 Å². The van der Waals surface area contributed by atoms with Gasteiger partial charge in [-0.1, -0.05) is 182 Å². The highest BCUT2D eigenvalue weighted by Gasteiger charge is 2.46. The summed E-state index contributed by atoms with van der Waals surface area (Å²) in [6.07, 6.45) is 0. The third-order valence-electron chi connectivity index (χ3n) is 12.7. The second kappa shape index (κ2) is 14.1. The summed E-state index contributed by atoms with van der Waals surface area (Å²) in [5, 5.41) is 4.71. The highest BCUT2D eigenvalue weighted by molar-refractivity contribution is 6.06. The Morgan fingerprint density at radius 1 is 0.311 bits per heavy atom. The van der Waals surface area contributed by atoms with Crippen LogP contribution < -0.4 is 4.90 Å². The van der Waals surface area contributed by atoms with Gasteiger partial charge in [-0.05, 0) is 115 Å². The normalized spacial score (nSPS) is 12.7. The molecule has 61 heavy (non-hydrogen) atoms. The van der Waals surface area contributed by atoms with Crippen molar-refractivity contribution in [3.8, 4) is 33.4 Å². The van der Waals surface area contributed by atoms with E-state index in [4.69, 9.17) is 4.42 Å². The summed E-state index contributed by atoms with van der Waals surface area (Å²) in [6, 6.07) is 86.2. The molecular weight excluding hydrogens is 739 g/mol. The predicted molar refractivity (Wildman–Crippen MR) is 254 cm³/mol. The van der Waals surface area contributed by atoms with Gasteiger partial charge in [0.1, 0.15) is 11.2 Å². The molecule has 0 unspecified atom stereocenters. The second-order valence-corrected chi connectivity index (χ2v) is 16.0. The van der Waals surface area contributed by atoms with Crippen LogP contribution >= 0.6 is 0 Å². The van der Waals surface area contributed by atoms with Crippen molar-refractivity contribution in [2.24, 2.45) is 0 Å². The molecule has 286 valence electrons. The second-order valence-electron chi connectivity index (χ2n) is 16.0. The Kier molecular flexibility index (Phi) is 8.11. The van der Waals surface area contributed by atoms with Gasteiger partial charge in [-0.3, -0.25) is 0 Å². The van der Waals surface area contributed by atoms with Gasteiger partial charge in [-0.2, -0.15) is 0 Å². The van der Waals surface area contributed by atoms with E-state index in [0.29, 0.717) is 0 Å². The largest absolute Gasteiger partial charge is 0.456 e. The summed E-state index contributed by atoms with van der Waals surface area (Å²) in [4.78, 5) is 2.39. The van der Waals surface area contributed by atoms with Gasteiger partial charge < -0.3 is 9.32 Å². The van der Waals surface area contributed by atoms with E-state index >= 15 is 0 Å². The minimum absolute atomic E-state index is 0.583. The number of anilines is 3. The van der Waals surface area contributed by atoms with Crippen LogP contribution in [0.1, 0.15) is 22.3 Å². The van der Waals surface area contributed by atoms with E-state index in [1.165, 1.54) is 66.4 Å². The Morgan fingerprint density at radius 2 is 0.852 bits per heavy atom.